The number of rotatable bonds is 3. The van der Waals surface area contributed by atoms with Crippen LogP contribution in [0.4, 0.5) is 5.69 Å². The van der Waals surface area contributed by atoms with Crippen LogP contribution in [0.5, 0.6) is 0 Å². The predicted molar refractivity (Wildman–Crippen MR) is 131 cm³/mol. The SMILES string of the molecule is [2H]c1c[n+](C)c(-c2c(C)ccc3c2oc2c(-c4ccccc4)c([N+]#[C-])ccc23)cc1C([2H])(C)C. The van der Waals surface area contributed by atoms with Crippen molar-refractivity contribution in [1.29, 1.82) is 0 Å². The Morgan fingerprint density at radius 1 is 1.00 bits per heavy atom. The zero-order valence-electron chi connectivity index (χ0n) is 20.7. The largest absolute Gasteiger partial charge is 0.456 e. The minimum atomic E-state index is -0.902. The number of nitrogens with zero attached hydrogens (tertiary/aromatic N) is 2. The number of aryl methyl sites for hydroxylation is 2. The van der Waals surface area contributed by atoms with E-state index in [0.29, 0.717) is 22.9 Å². The van der Waals surface area contributed by atoms with E-state index < -0.39 is 5.89 Å². The average Bonchev–Trinajstić information content (AvgIpc) is 3.17. The minimum Gasteiger partial charge on any atom is -0.456 e. The molecule has 3 heteroatoms. The van der Waals surface area contributed by atoms with Crippen molar-refractivity contribution in [2.75, 3.05) is 0 Å². The van der Waals surface area contributed by atoms with Crippen LogP contribution < -0.4 is 4.57 Å². The summed E-state index contributed by atoms with van der Waals surface area (Å²) in [7, 11) is 1.92. The molecule has 5 aromatic rings. The molecule has 5 rings (SSSR count). The third-order valence-corrected chi connectivity index (χ3v) is 6.05. The Bertz CT molecular complexity index is 1620. The van der Waals surface area contributed by atoms with Crippen molar-refractivity contribution in [3.8, 4) is 22.4 Å². The Labute approximate surface area is 191 Å². The summed E-state index contributed by atoms with van der Waals surface area (Å²) >= 11 is 0. The van der Waals surface area contributed by atoms with E-state index in [0.717, 1.165) is 44.3 Å². The molecule has 3 nitrogen and oxygen atoms in total. The Balaban J connectivity index is 1.90. The summed E-state index contributed by atoms with van der Waals surface area (Å²) in [6.07, 6.45) is 1.76. The summed E-state index contributed by atoms with van der Waals surface area (Å²) < 4.78 is 25.5. The van der Waals surface area contributed by atoms with Gasteiger partial charge in [-0.2, -0.15) is 0 Å². The number of hydrogen-bond acceptors (Lipinski definition) is 1. The highest BCUT2D eigenvalue weighted by atomic mass is 16.3. The number of furan rings is 1. The van der Waals surface area contributed by atoms with Crippen LogP contribution in [0.1, 0.15) is 33.6 Å². The smallest absolute Gasteiger partial charge is 0.216 e. The summed E-state index contributed by atoms with van der Waals surface area (Å²) in [5, 5.41) is 1.94. The van der Waals surface area contributed by atoms with E-state index in [1.165, 1.54) is 0 Å². The highest BCUT2D eigenvalue weighted by Crippen LogP contribution is 2.44. The molecule has 0 radical (unpaired) electrons. The molecular weight excluding hydrogens is 392 g/mol. The normalized spacial score (nSPS) is 12.6. The van der Waals surface area contributed by atoms with Gasteiger partial charge in [-0.3, -0.25) is 0 Å². The van der Waals surface area contributed by atoms with E-state index in [4.69, 9.17) is 13.7 Å². The van der Waals surface area contributed by atoms with Gasteiger partial charge in [0.15, 0.2) is 11.9 Å². The molecule has 2 heterocycles. The summed E-state index contributed by atoms with van der Waals surface area (Å²) in [5.41, 5.74) is 7.27. The molecule has 0 saturated carbocycles. The van der Waals surface area contributed by atoms with Crippen LogP contribution in [0.3, 0.4) is 0 Å². The lowest BCUT2D eigenvalue weighted by Gasteiger charge is -2.09. The van der Waals surface area contributed by atoms with Crippen LogP contribution in [0.2, 0.25) is 0 Å². The Morgan fingerprint density at radius 2 is 1.69 bits per heavy atom. The van der Waals surface area contributed by atoms with Gasteiger partial charge < -0.3 is 4.42 Å². The van der Waals surface area contributed by atoms with Crippen molar-refractivity contribution in [2.45, 2.75) is 26.7 Å². The lowest BCUT2D eigenvalue weighted by Crippen LogP contribution is -2.31. The first-order valence-corrected chi connectivity index (χ1v) is 10.6. The quantitative estimate of drug-likeness (QED) is 0.217. The van der Waals surface area contributed by atoms with Crippen molar-refractivity contribution >= 4 is 27.6 Å². The van der Waals surface area contributed by atoms with Crippen LogP contribution in [0.15, 0.2) is 77.3 Å². The second-order valence-electron chi connectivity index (χ2n) is 8.38. The lowest BCUT2D eigenvalue weighted by molar-refractivity contribution is -0.660. The third-order valence-electron chi connectivity index (χ3n) is 6.05. The molecule has 0 atom stereocenters. The van der Waals surface area contributed by atoms with Crippen LogP contribution >= 0.6 is 0 Å². The summed E-state index contributed by atoms with van der Waals surface area (Å²) in [6.45, 7) is 13.4. The highest BCUT2D eigenvalue weighted by molar-refractivity contribution is 6.15. The zero-order valence-corrected chi connectivity index (χ0v) is 18.7. The molecule has 0 saturated heterocycles. The molecule has 0 aliphatic heterocycles. The zero-order chi connectivity index (χ0) is 24.2. The maximum absolute atomic E-state index is 8.54. The Kier molecular flexibility index (Phi) is 4.25. The first-order valence-electron chi connectivity index (χ1n) is 11.6. The fourth-order valence-corrected chi connectivity index (χ4v) is 4.34. The fraction of sp³-hybridized carbons (Fsp3) is 0.172. The minimum absolute atomic E-state index is 0.341. The summed E-state index contributed by atoms with van der Waals surface area (Å²) in [6, 6.07) is 20.1. The van der Waals surface area contributed by atoms with Gasteiger partial charge in [0.1, 0.15) is 18.2 Å². The molecule has 0 aliphatic rings. The molecule has 0 spiro atoms. The lowest BCUT2D eigenvalue weighted by atomic mass is 9.96. The summed E-state index contributed by atoms with van der Waals surface area (Å²) in [5.74, 6) is -0.902. The monoisotopic (exact) mass is 419 g/mol. The summed E-state index contributed by atoms with van der Waals surface area (Å²) in [4.78, 5) is 3.77. The van der Waals surface area contributed by atoms with Crippen molar-refractivity contribution < 1.29 is 11.7 Å². The first-order chi connectivity index (χ1) is 16.2. The van der Waals surface area contributed by atoms with Gasteiger partial charge in [0.2, 0.25) is 5.69 Å². The van der Waals surface area contributed by atoms with Gasteiger partial charge in [-0.25, -0.2) is 9.41 Å². The number of fused-ring (bicyclic) bond motifs is 3. The van der Waals surface area contributed by atoms with E-state index in [1.54, 1.807) is 20.0 Å². The predicted octanol–water partition coefficient (Wildman–Crippen LogP) is 7.73. The highest BCUT2D eigenvalue weighted by Gasteiger charge is 2.23. The average molecular weight is 420 g/mol. The fourth-order valence-electron chi connectivity index (χ4n) is 4.34. The van der Waals surface area contributed by atoms with Crippen molar-refractivity contribution in [1.82, 2.24) is 0 Å². The number of hydrogen-bond donors (Lipinski definition) is 0. The third kappa shape index (κ3) is 3.08. The topological polar surface area (TPSA) is 21.4 Å². The van der Waals surface area contributed by atoms with E-state index in [1.807, 2.05) is 67.1 Å². The van der Waals surface area contributed by atoms with Gasteiger partial charge in [-0.05, 0) is 29.5 Å². The molecule has 0 N–H and O–H groups in total. The Hall–Kier alpha value is -3.90. The van der Waals surface area contributed by atoms with Gasteiger partial charge in [-0.1, -0.05) is 68.4 Å². The number of benzene rings is 3. The molecule has 0 aliphatic carbocycles. The molecule has 3 aromatic carbocycles. The second-order valence-corrected chi connectivity index (χ2v) is 8.38. The number of aromatic nitrogens is 1. The molecular formula is C29H25N2O+. The molecule has 156 valence electrons. The van der Waals surface area contributed by atoms with Gasteiger partial charge in [0.25, 0.3) is 0 Å². The Morgan fingerprint density at radius 3 is 2.38 bits per heavy atom. The van der Waals surface area contributed by atoms with Crippen molar-refractivity contribution in [2.24, 2.45) is 7.05 Å². The van der Waals surface area contributed by atoms with E-state index in [-0.39, 0.29) is 0 Å². The van der Waals surface area contributed by atoms with Crippen LogP contribution in [0.25, 0.3) is 49.2 Å². The number of pyridine rings is 1. The van der Waals surface area contributed by atoms with Gasteiger partial charge in [0.05, 0.1) is 13.5 Å². The molecule has 32 heavy (non-hydrogen) atoms. The standard InChI is InChI=1S/C29H25N2O/c1-18(2)21-15-16-31(5)25(17-21)26-19(3)11-12-22-23-13-14-24(30-4)27(29(23)32-28(22)26)20-9-7-6-8-10-20/h6-18H,1-3,5H3/q+1/i15D,18D. The molecule has 0 fully saturated rings. The van der Waals surface area contributed by atoms with E-state index in [2.05, 4.69) is 17.0 Å². The van der Waals surface area contributed by atoms with E-state index in [9.17, 15) is 0 Å². The second kappa shape index (κ2) is 7.66. The van der Waals surface area contributed by atoms with E-state index >= 15 is 0 Å². The van der Waals surface area contributed by atoms with Crippen LogP contribution in [0, 0.1) is 13.5 Å². The molecule has 0 unspecified atom stereocenters. The molecule has 0 bridgehead atoms. The maximum Gasteiger partial charge on any atom is 0.216 e. The maximum atomic E-state index is 8.54. The molecule has 2 aromatic heterocycles. The van der Waals surface area contributed by atoms with Gasteiger partial charge >= 0.3 is 0 Å². The van der Waals surface area contributed by atoms with Crippen molar-refractivity contribution in [3.05, 3.63) is 95.4 Å². The van der Waals surface area contributed by atoms with Gasteiger partial charge in [-0.15, -0.1) is 0 Å². The van der Waals surface area contributed by atoms with Crippen molar-refractivity contribution in [3.63, 3.8) is 0 Å². The van der Waals surface area contributed by atoms with Gasteiger partial charge in [0, 0.05) is 29.8 Å². The van der Waals surface area contributed by atoms with Crippen LogP contribution in [-0.2, 0) is 7.05 Å². The van der Waals surface area contributed by atoms with Crippen LogP contribution in [-0.4, -0.2) is 0 Å². The molecule has 0 amide bonds. The first kappa shape index (κ1) is 17.7.